The first-order valence-corrected chi connectivity index (χ1v) is 6.09. The summed E-state index contributed by atoms with van der Waals surface area (Å²) in [7, 11) is 0. The van der Waals surface area contributed by atoms with E-state index in [2.05, 4.69) is 33.9 Å². The maximum Gasteiger partial charge on any atom is 0.150 e. The van der Waals surface area contributed by atoms with E-state index in [-0.39, 0.29) is 0 Å². The first-order valence-electron chi connectivity index (χ1n) is 6.09. The summed E-state index contributed by atoms with van der Waals surface area (Å²) in [6.07, 6.45) is 0. The molecule has 0 spiro atoms. The SMILES string of the molecule is CCN(Cc1nc(C)cc(N)n1)c1ccccc1. The smallest absolute Gasteiger partial charge is 0.150 e. The van der Waals surface area contributed by atoms with E-state index in [1.54, 1.807) is 6.07 Å². The third kappa shape index (κ3) is 2.97. The Morgan fingerprint density at radius 2 is 1.89 bits per heavy atom. The lowest BCUT2D eigenvalue weighted by Gasteiger charge is -2.22. The monoisotopic (exact) mass is 242 g/mol. The van der Waals surface area contributed by atoms with Crippen LogP contribution in [-0.2, 0) is 6.54 Å². The molecule has 4 nitrogen and oxygen atoms in total. The van der Waals surface area contributed by atoms with Crippen LogP contribution in [0.25, 0.3) is 0 Å². The van der Waals surface area contributed by atoms with Gasteiger partial charge in [0.1, 0.15) is 11.6 Å². The van der Waals surface area contributed by atoms with Crippen LogP contribution < -0.4 is 10.6 Å². The predicted molar refractivity (Wildman–Crippen MR) is 74.3 cm³/mol. The summed E-state index contributed by atoms with van der Waals surface area (Å²) in [5.74, 6) is 1.29. The van der Waals surface area contributed by atoms with Gasteiger partial charge in [0.2, 0.25) is 0 Å². The molecule has 0 unspecified atom stereocenters. The second kappa shape index (κ2) is 5.49. The summed E-state index contributed by atoms with van der Waals surface area (Å²) >= 11 is 0. The molecule has 2 aromatic rings. The van der Waals surface area contributed by atoms with E-state index in [4.69, 9.17) is 5.73 Å². The number of nitrogens with zero attached hydrogens (tertiary/aromatic N) is 3. The normalized spacial score (nSPS) is 10.3. The number of nitrogen functional groups attached to an aromatic ring is 1. The highest BCUT2D eigenvalue weighted by molar-refractivity contribution is 5.46. The van der Waals surface area contributed by atoms with Crippen molar-refractivity contribution in [2.45, 2.75) is 20.4 Å². The highest BCUT2D eigenvalue weighted by Crippen LogP contribution is 2.15. The summed E-state index contributed by atoms with van der Waals surface area (Å²) in [4.78, 5) is 10.9. The molecule has 1 heterocycles. The van der Waals surface area contributed by atoms with Crippen molar-refractivity contribution in [1.29, 1.82) is 0 Å². The Labute approximate surface area is 107 Å². The van der Waals surface area contributed by atoms with E-state index in [0.29, 0.717) is 12.4 Å². The van der Waals surface area contributed by atoms with E-state index >= 15 is 0 Å². The largest absolute Gasteiger partial charge is 0.384 e. The lowest BCUT2D eigenvalue weighted by Crippen LogP contribution is -2.23. The summed E-state index contributed by atoms with van der Waals surface area (Å²) < 4.78 is 0. The molecule has 0 saturated carbocycles. The van der Waals surface area contributed by atoms with Gasteiger partial charge in [-0.3, -0.25) is 0 Å². The fourth-order valence-electron chi connectivity index (χ4n) is 1.92. The van der Waals surface area contributed by atoms with Gasteiger partial charge in [0, 0.05) is 24.0 Å². The van der Waals surface area contributed by atoms with Crippen molar-refractivity contribution in [2.75, 3.05) is 17.2 Å². The minimum atomic E-state index is 0.529. The van der Waals surface area contributed by atoms with Crippen LogP contribution in [0, 0.1) is 6.92 Å². The highest BCUT2D eigenvalue weighted by Gasteiger charge is 2.07. The van der Waals surface area contributed by atoms with Crippen LogP contribution in [0.3, 0.4) is 0 Å². The average molecular weight is 242 g/mol. The molecule has 94 valence electrons. The molecule has 0 bridgehead atoms. The number of rotatable bonds is 4. The molecule has 2 N–H and O–H groups in total. The first-order chi connectivity index (χ1) is 8.69. The fraction of sp³-hybridized carbons (Fsp3) is 0.286. The molecule has 1 aromatic carbocycles. The molecule has 0 amide bonds. The number of anilines is 2. The molecule has 18 heavy (non-hydrogen) atoms. The minimum Gasteiger partial charge on any atom is -0.384 e. The van der Waals surface area contributed by atoms with Crippen LogP contribution in [-0.4, -0.2) is 16.5 Å². The van der Waals surface area contributed by atoms with Crippen molar-refractivity contribution < 1.29 is 0 Å². The van der Waals surface area contributed by atoms with Crippen molar-refractivity contribution in [3.63, 3.8) is 0 Å². The summed E-state index contributed by atoms with van der Waals surface area (Å²) in [6, 6.07) is 12.0. The van der Waals surface area contributed by atoms with Crippen LogP contribution in [0.2, 0.25) is 0 Å². The molecule has 4 heteroatoms. The summed E-state index contributed by atoms with van der Waals surface area (Å²) in [5, 5.41) is 0. The maximum absolute atomic E-state index is 5.75. The van der Waals surface area contributed by atoms with Gasteiger partial charge >= 0.3 is 0 Å². The molecule has 0 radical (unpaired) electrons. The van der Waals surface area contributed by atoms with Gasteiger partial charge in [0.25, 0.3) is 0 Å². The minimum absolute atomic E-state index is 0.529. The maximum atomic E-state index is 5.75. The van der Waals surface area contributed by atoms with E-state index in [1.807, 2.05) is 25.1 Å². The van der Waals surface area contributed by atoms with Crippen molar-refractivity contribution in [2.24, 2.45) is 0 Å². The molecule has 0 aliphatic rings. The number of aryl methyl sites for hydroxylation is 1. The summed E-state index contributed by atoms with van der Waals surface area (Å²) in [6.45, 7) is 5.63. The molecule has 0 aliphatic heterocycles. The molecule has 0 atom stereocenters. The third-order valence-corrected chi connectivity index (χ3v) is 2.76. The van der Waals surface area contributed by atoms with Gasteiger partial charge in [0.15, 0.2) is 0 Å². The van der Waals surface area contributed by atoms with Crippen molar-refractivity contribution in [3.05, 3.63) is 47.9 Å². The lowest BCUT2D eigenvalue weighted by molar-refractivity contribution is 0.777. The fourth-order valence-corrected chi connectivity index (χ4v) is 1.92. The number of nitrogens with two attached hydrogens (primary N) is 1. The van der Waals surface area contributed by atoms with Crippen molar-refractivity contribution >= 4 is 11.5 Å². The number of para-hydroxylation sites is 1. The zero-order valence-corrected chi connectivity index (χ0v) is 10.8. The van der Waals surface area contributed by atoms with Gasteiger partial charge in [-0.1, -0.05) is 18.2 Å². The average Bonchev–Trinajstić information content (AvgIpc) is 2.36. The molecular weight excluding hydrogens is 224 g/mol. The Balaban J connectivity index is 2.20. The van der Waals surface area contributed by atoms with Gasteiger partial charge in [-0.05, 0) is 26.0 Å². The van der Waals surface area contributed by atoms with E-state index in [9.17, 15) is 0 Å². The zero-order valence-electron chi connectivity index (χ0n) is 10.8. The van der Waals surface area contributed by atoms with Crippen LogP contribution in [0.1, 0.15) is 18.4 Å². The van der Waals surface area contributed by atoms with Crippen LogP contribution in [0.5, 0.6) is 0 Å². The van der Waals surface area contributed by atoms with Crippen molar-refractivity contribution in [1.82, 2.24) is 9.97 Å². The molecule has 1 aromatic heterocycles. The molecule has 2 rings (SSSR count). The number of aromatic nitrogens is 2. The van der Waals surface area contributed by atoms with Gasteiger partial charge < -0.3 is 10.6 Å². The molecule has 0 aliphatic carbocycles. The van der Waals surface area contributed by atoms with Gasteiger partial charge in [-0.2, -0.15) is 0 Å². The van der Waals surface area contributed by atoms with Gasteiger partial charge in [-0.15, -0.1) is 0 Å². The quantitative estimate of drug-likeness (QED) is 0.894. The predicted octanol–water partition coefficient (Wildman–Crippen LogP) is 2.39. The van der Waals surface area contributed by atoms with Crippen molar-refractivity contribution in [3.8, 4) is 0 Å². The third-order valence-electron chi connectivity index (χ3n) is 2.76. The number of hydrogen-bond acceptors (Lipinski definition) is 4. The first kappa shape index (κ1) is 12.4. The zero-order chi connectivity index (χ0) is 13.0. The standard InChI is InChI=1S/C14H18N4/c1-3-18(12-7-5-4-6-8-12)10-14-16-11(2)9-13(15)17-14/h4-9H,3,10H2,1-2H3,(H2,15,16,17). The Morgan fingerprint density at radius 1 is 1.17 bits per heavy atom. The van der Waals surface area contributed by atoms with Crippen LogP contribution in [0.15, 0.2) is 36.4 Å². The highest BCUT2D eigenvalue weighted by atomic mass is 15.1. The van der Waals surface area contributed by atoms with Gasteiger partial charge in [-0.25, -0.2) is 9.97 Å². The van der Waals surface area contributed by atoms with E-state index in [1.165, 1.54) is 5.69 Å². The van der Waals surface area contributed by atoms with E-state index < -0.39 is 0 Å². The Bertz CT molecular complexity index is 490. The van der Waals surface area contributed by atoms with Crippen LogP contribution in [0.4, 0.5) is 11.5 Å². The molecular formula is C14H18N4. The number of hydrogen-bond donors (Lipinski definition) is 1. The molecule has 0 saturated heterocycles. The number of benzene rings is 1. The summed E-state index contributed by atoms with van der Waals surface area (Å²) in [5.41, 5.74) is 7.82. The Hall–Kier alpha value is -2.10. The topological polar surface area (TPSA) is 55.0 Å². The molecule has 0 fully saturated rings. The second-order valence-corrected chi connectivity index (χ2v) is 4.20. The van der Waals surface area contributed by atoms with E-state index in [0.717, 1.165) is 18.1 Å². The van der Waals surface area contributed by atoms with Gasteiger partial charge in [0.05, 0.1) is 6.54 Å². The second-order valence-electron chi connectivity index (χ2n) is 4.20. The Morgan fingerprint density at radius 3 is 2.50 bits per heavy atom. The van der Waals surface area contributed by atoms with Crippen LogP contribution >= 0.6 is 0 Å². The lowest BCUT2D eigenvalue weighted by atomic mass is 10.3. The Kier molecular flexibility index (Phi) is 3.77.